The molecule has 2 nitrogen and oxygen atoms in total. The van der Waals surface area contributed by atoms with Gasteiger partial charge in [-0.3, -0.25) is 4.79 Å². The summed E-state index contributed by atoms with van der Waals surface area (Å²) in [7, 11) is 0. The summed E-state index contributed by atoms with van der Waals surface area (Å²) in [4.78, 5) is 10.4. The Morgan fingerprint density at radius 1 is 1.22 bits per heavy atom. The normalized spacial score (nSPS) is 10.1. The fraction of sp³-hybridized carbons (Fsp3) is 0.438. The van der Waals surface area contributed by atoms with Crippen LogP contribution in [0.3, 0.4) is 0 Å². The zero-order valence-electron chi connectivity index (χ0n) is 11.8. The Labute approximate surface area is 111 Å². The Kier molecular flexibility index (Phi) is 9.65. The molecule has 0 spiro atoms. The van der Waals surface area contributed by atoms with Crippen LogP contribution in [-0.4, -0.2) is 12.1 Å². The van der Waals surface area contributed by atoms with Crippen LogP contribution in [0.15, 0.2) is 36.4 Å². The topological polar surface area (TPSA) is 26.3 Å². The quantitative estimate of drug-likeness (QED) is 0.735. The van der Waals surface area contributed by atoms with Crippen molar-refractivity contribution in [1.29, 1.82) is 0 Å². The monoisotopic (exact) mass is 248 g/mol. The molecule has 0 aliphatic heterocycles. The van der Waals surface area contributed by atoms with Crippen molar-refractivity contribution in [3.8, 4) is 0 Å². The number of rotatable bonds is 4. The summed E-state index contributed by atoms with van der Waals surface area (Å²) in [6.45, 7) is 7.60. The van der Waals surface area contributed by atoms with Crippen LogP contribution in [0.25, 0.3) is 6.08 Å². The van der Waals surface area contributed by atoms with Crippen LogP contribution >= 0.6 is 0 Å². The van der Waals surface area contributed by atoms with Gasteiger partial charge in [0.15, 0.2) is 0 Å². The van der Waals surface area contributed by atoms with Crippen LogP contribution in [0.1, 0.15) is 46.1 Å². The zero-order valence-corrected chi connectivity index (χ0v) is 11.8. The molecule has 0 atom stereocenters. The molecule has 0 amide bonds. The number of carbonyl (C=O) groups excluding carboxylic acids is 1. The minimum atomic E-state index is -0.125. The van der Waals surface area contributed by atoms with Crippen LogP contribution in [0.2, 0.25) is 0 Å². The van der Waals surface area contributed by atoms with Gasteiger partial charge in [-0.1, -0.05) is 56.3 Å². The molecule has 1 aromatic rings. The number of hydrogen-bond donors (Lipinski definition) is 0. The van der Waals surface area contributed by atoms with Gasteiger partial charge in [0.2, 0.25) is 0 Å². The highest BCUT2D eigenvalue weighted by atomic mass is 16.5. The Morgan fingerprint density at radius 2 is 1.83 bits per heavy atom. The molecule has 0 saturated heterocycles. The molecule has 0 N–H and O–H groups in total. The summed E-state index contributed by atoms with van der Waals surface area (Å²) in [6.07, 6.45) is 5.91. The average Bonchev–Trinajstić information content (AvgIpc) is 2.37. The van der Waals surface area contributed by atoms with E-state index in [-0.39, 0.29) is 12.1 Å². The van der Waals surface area contributed by atoms with Crippen LogP contribution in [-0.2, 0) is 9.53 Å². The van der Waals surface area contributed by atoms with Crippen LogP contribution in [0.5, 0.6) is 0 Å². The zero-order chi connectivity index (χ0) is 13.8. The van der Waals surface area contributed by atoms with Gasteiger partial charge < -0.3 is 4.74 Å². The number of carbonyl (C=O) groups is 1. The van der Waals surface area contributed by atoms with Crippen LogP contribution in [0.4, 0.5) is 0 Å². The molecule has 0 aliphatic rings. The maximum atomic E-state index is 10.4. The van der Waals surface area contributed by atoms with Crippen molar-refractivity contribution in [2.75, 3.05) is 0 Å². The molecule has 0 aliphatic carbocycles. The van der Waals surface area contributed by atoms with Crippen molar-refractivity contribution < 1.29 is 9.53 Å². The second-order valence-corrected chi connectivity index (χ2v) is 4.11. The lowest BCUT2D eigenvalue weighted by Gasteiger charge is -2.04. The number of hydrogen-bond acceptors (Lipinski definition) is 2. The van der Waals surface area contributed by atoms with Crippen LogP contribution < -0.4 is 0 Å². The van der Waals surface area contributed by atoms with Crippen molar-refractivity contribution in [1.82, 2.24) is 0 Å². The Morgan fingerprint density at radius 3 is 2.22 bits per heavy atom. The molecule has 100 valence electrons. The molecule has 0 bridgehead atoms. The summed E-state index contributed by atoms with van der Waals surface area (Å²) in [5.74, 6) is -0.125. The molecular weight excluding hydrogens is 224 g/mol. The van der Waals surface area contributed by atoms with E-state index in [1.54, 1.807) is 6.92 Å². The van der Waals surface area contributed by atoms with Crippen molar-refractivity contribution >= 4 is 12.0 Å². The van der Waals surface area contributed by atoms with Gasteiger partial charge in [-0.05, 0) is 25.8 Å². The summed E-state index contributed by atoms with van der Waals surface area (Å²) in [5, 5.41) is 0. The number of benzene rings is 1. The van der Waals surface area contributed by atoms with E-state index < -0.39 is 0 Å². The predicted octanol–water partition coefficient (Wildman–Crippen LogP) is 4.46. The lowest BCUT2D eigenvalue weighted by molar-refractivity contribution is -0.146. The number of allylic oxidation sites excluding steroid dienone is 1. The molecule has 0 heterocycles. The fourth-order valence-electron chi connectivity index (χ4n) is 1.16. The molecule has 0 aromatic heterocycles. The minimum absolute atomic E-state index is 0.0300. The molecule has 2 heteroatoms. The Balaban J connectivity index is 0.000000331. The highest BCUT2D eigenvalue weighted by Gasteiger charge is 1.98. The molecule has 0 fully saturated rings. The predicted molar refractivity (Wildman–Crippen MR) is 77.3 cm³/mol. The first-order valence-electron chi connectivity index (χ1n) is 6.51. The van der Waals surface area contributed by atoms with Crippen molar-refractivity contribution in [3.63, 3.8) is 0 Å². The molecule has 1 rings (SSSR count). The van der Waals surface area contributed by atoms with E-state index in [1.807, 2.05) is 19.9 Å². The highest BCUT2D eigenvalue weighted by molar-refractivity contribution is 5.68. The van der Waals surface area contributed by atoms with Gasteiger partial charge in [0.25, 0.3) is 0 Å². The molecule has 0 radical (unpaired) electrons. The smallest absolute Gasteiger partial charge is 0.305 e. The van der Waals surface area contributed by atoms with E-state index in [2.05, 4.69) is 43.3 Å². The largest absolute Gasteiger partial charge is 0.463 e. The first kappa shape index (κ1) is 16.4. The molecule has 18 heavy (non-hydrogen) atoms. The summed E-state index contributed by atoms with van der Waals surface area (Å²) >= 11 is 0. The third-order valence-electron chi connectivity index (χ3n) is 2.00. The van der Waals surface area contributed by atoms with E-state index in [9.17, 15) is 4.79 Å². The van der Waals surface area contributed by atoms with Gasteiger partial charge in [0, 0.05) is 6.42 Å². The number of esters is 1. The maximum Gasteiger partial charge on any atom is 0.305 e. The maximum absolute atomic E-state index is 10.4. The van der Waals surface area contributed by atoms with E-state index in [0.717, 1.165) is 6.42 Å². The first-order valence-corrected chi connectivity index (χ1v) is 6.51. The Bertz CT molecular complexity index is 339. The van der Waals surface area contributed by atoms with Gasteiger partial charge in [-0.2, -0.15) is 0 Å². The Hall–Kier alpha value is -1.57. The van der Waals surface area contributed by atoms with Gasteiger partial charge in [-0.15, -0.1) is 0 Å². The average molecular weight is 248 g/mol. The molecule has 0 unspecified atom stereocenters. The van der Waals surface area contributed by atoms with E-state index >= 15 is 0 Å². The third kappa shape index (κ3) is 9.64. The summed E-state index contributed by atoms with van der Waals surface area (Å²) in [6, 6.07) is 10.3. The van der Waals surface area contributed by atoms with Crippen molar-refractivity contribution in [3.05, 3.63) is 42.0 Å². The molecule has 0 saturated carbocycles. The first-order chi connectivity index (χ1) is 8.60. The minimum Gasteiger partial charge on any atom is -0.463 e. The molecular formula is C16H24O2. The van der Waals surface area contributed by atoms with E-state index in [4.69, 9.17) is 4.74 Å². The SMILES string of the molecule is CCC(=O)OC(C)C.CCC=Cc1ccccc1. The highest BCUT2D eigenvalue weighted by Crippen LogP contribution is 2.00. The van der Waals surface area contributed by atoms with Gasteiger partial charge in [0.1, 0.15) is 0 Å². The van der Waals surface area contributed by atoms with Gasteiger partial charge in [0.05, 0.1) is 6.10 Å². The summed E-state index contributed by atoms with van der Waals surface area (Å²) in [5.41, 5.74) is 1.28. The van der Waals surface area contributed by atoms with Gasteiger partial charge in [-0.25, -0.2) is 0 Å². The van der Waals surface area contributed by atoms with Crippen molar-refractivity contribution in [2.24, 2.45) is 0 Å². The van der Waals surface area contributed by atoms with E-state index in [0.29, 0.717) is 6.42 Å². The second kappa shape index (κ2) is 10.6. The molecule has 1 aromatic carbocycles. The number of ether oxygens (including phenoxy) is 1. The van der Waals surface area contributed by atoms with Gasteiger partial charge >= 0.3 is 5.97 Å². The summed E-state index contributed by atoms with van der Waals surface area (Å²) < 4.78 is 4.76. The van der Waals surface area contributed by atoms with Crippen LogP contribution in [0, 0.1) is 0 Å². The lowest BCUT2D eigenvalue weighted by Crippen LogP contribution is -2.09. The third-order valence-corrected chi connectivity index (χ3v) is 2.00. The second-order valence-electron chi connectivity index (χ2n) is 4.11. The van der Waals surface area contributed by atoms with Crippen molar-refractivity contribution in [2.45, 2.75) is 46.6 Å². The lowest BCUT2D eigenvalue weighted by atomic mass is 10.2. The fourth-order valence-corrected chi connectivity index (χ4v) is 1.16. The van der Waals surface area contributed by atoms with E-state index in [1.165, 1.54) is 5.56 Å². The standard InChI is InChI=1S/C10H12.C6H12O2/c1-2-3-7-10-8-5-4-6-9-10;1-4-6(7)8-5(2)3/h3-9H,2H2,1H3;5H,4H2,1-3H3.